The van der Waals surface area contributed by atoms with Crippen molar-refractivity contribution in [2.75, 3.05) is 6.61 Å². The summed E-state index contributed by atoms with van der Waals surface area (Å²) < 4.78 is 9.08. The van der Waals surface area contributed by atoms with Crippen molar-refractivity contribution in [3.05, 3.63) is 27.9 Å². The Morgan fingerprint density at radius 1 is 1.47 bits per heavy atom. The van der Waals surface area contributed by atoms with E-state index in [1.54, 1.807) is 6.20 Å². The SMILES string of the molecule is CC12CC(c3nc4ncccn4c3I)(CO1)C2. The number of nitrogens with zero attached hydrogens (tertiary/aromatic N) is 3. The summed E-state index contributed by atoms with van der Waals surface area (Å²) in [7, 11) is 0. The molecule has 0 atom stereocenters. The highest BCUT2D eigenvalue weighted by molar-refractivity contribution is 14.1. The molecular formula is C12H12IN3O. The predicted molar refractivity (Wildman–Crippen MR) is 71.0 cm³/mol. The minimum absolute atomic E-state index is 0.103. The van der Waals surface area contributed by atoms with Crippen LogP contribution in [0, 0.1) is 3.70 Å². The third-order valence-electron chi connectivity index (χ3n) is 3.97. The highest BCUT2D eigenvalue weighted by Gasteiger charge is 2.62. The zero-order valence-electron chi connectivity index (χ0n) is 9.48. The number of aromatic nitrogens is 3. The summed E-state index contributed by atoms with van der Waals surface area (Å²) in [5.41, 5.74) is 1.43. The van der Waals surface area contributed by atoms with Crippen molar-refractivity contribution in [2.24, 2.45) is 0 Å². The smallest absolute Gasteiger partial charge is 0.234 e. The van der Waals surface area contributed by atoms with E-state index in [1.165, 1.54) is 9.39 Å². The van der Waals surface area contributed by atoms with E-state index in [1.807, 2.05) is 12.3 Å². The molecule has 2 saturated heterocycles. The Kier molecular flexibility index (Phi) is 1.81. The number of hydrogen-bond donors (Lipinski definition) is 0. The molecule has 4 nitrogen and oxygen atoms in total. The molecule has 88 valence electrons. The molecule has 5 heteroatoms. The van der Waals surface area contributed by atoms with E-state index < -0.39 is 0 Å². The molecule has 1 saturated carbocycles. The van der Waals surface area contributed by atoms with Crippen molar-refractivity contribution in [2.45, 2.75) is 30.8 Å². The normalized spacial score (nSPS) is 35.2. The molecule has 0 aromatic carbocycles. The lowest BCUT2D eigenvalue weighted by Crippen LogP contribution is -2.45. The Balaban J connectivity index is 1.90. The van der Waals surface area contributed by atoms with Gasteiger partial charge in [0.1, 0.15) is 3.70 Å². The lowest BCUT2D eigenvalue weighted by atomic mass is 9.62. The number of ether oxygens (including phenoxy) is 1. The topological polar surface area (TPSA) is 39.4 Å². The monoisotopic (exact) mass is 341 g/mol. The van der Waals surface area contributed by atoms with Gasteiger partial charge in [0.05, 0.1) is 17.9 Å². The van der Waals surface area contributed by atoms with Gasteiger partial charge in [-0.1, -0.05) is 0 Å². The molecule has 2 aromatic rings. The number of hydrogen-bond acceptors (Lipinski definition) is 3. The van der Waals surface area contributed by atoms with Gasteiger partial charge in [0, 0.05) is 17.8 Å². The molecule has 0 radical (unpaired) electrons. The molecule has 5 rings (SSSR count). The summed E-state index contributed by atoms with van der Waals surface area (Å²) in [6.45, 7) is 3.00. The van der Waals surface area contributed by atoms with Gasteiger partial charge in [-0.05, 0) is 48.4 Å². The van der Waals surface area contributed by atoms with Crippen molar-refractivity contribution < 1.29 is 4.74 Å². The molecule has 2 aliphatic heterocycles. The van der Waals surface area contributed by atoms with Gasteiger partial charge >= 0.3 is 0 Å². The zero-order chi connectivity index (χ0) is 11.7. The first kappa shape index (κ1) is 10.3. The third kappa shape index (κ3) is 1.21. The van der Waals surface area contributed by atoms with Crippen LogP contribution in [-0.2, 0) is 10.2 Å². The summed E-state index contributed by atoms with van der Waals surface area (Å²) in [4.78, 5) is 9.01. The number of imidazole rings is 1. The summed E-state index contributed by atoms with van der Waals surface area (Å²) in [6.07, 6.45) is 6.00. The van der Waals surface area contributed by atoms with Crippen LogP contribution >= 0.6 is 22.6 Å². The van der Waals surface area contributed by atoms with Crippen LogP contribution in [0.15, 0.2) is 18.5 Å². The van der Waals surface area contributed by atoms with Gasteiger partial charge in [0.15, 0.2) is 0 Å². The zero-order valence-corrected chi connectivity index (χ0v) is 11.6. The molecule has 3 fully saturated rings. The molecule has 2 bridgehead atoms. The van der Waals surface area contributed by atoms with Gasteiger partial charge in [0.25, 0.3) is 0 Å². The van der Waals surface area contributed by atoms with Gasteiger partial charge in [-0.15, -0.1) is 0 Å². The maximum atomic E-state index is 5.85. The first-order chi connectivity index (χ1) is 8.12. The summed E-state index contributed by atoms with van der Waals surface area (Å²) in [5.74, 6) is 0.793. The van der Waals surface area contributed by atoms with E-state index >= 15 is 0 Å². The van der Waals surface area contributed by atoms with Gasteiger partial charge < -0.3 is 4.74 Å². The molecule has 0 N–H and O–H groups in total. The third-order valence-corrected chi connectivity index (χ3v) is 5.00. The second-order valence-corrected chi connectivity index (χ2v) is 6.44. The lowest BCUT2D eigenvalue weighted by Gasteiger charge is -2.41. The van der Waals surface area contributed by atoms with Crippen LogP contribution in [0.4, 0.5) is 0 Å². The average Bonchev–Trinajstić information content (AvgIpc) is 2.89. The van der Waals surface area contributed by atoms with Crippen LogP contribution in [-0.4, -0.2) is 26.6 Å². The van der Waals surface area contributed by atoms with E-state index in [0.717, 1.165) is 25.2 Å². The molecule has 2 aromatic heterocycles. The second kappa shape index (κ2) is 3.00. The van der Waals surface area contributed by atoms with E-state index in [4.69, 9.17) is 9.72 Å². The van der Waals surface area contributed by atoms with Gasteiger partial charge in [0.2, 0.25) is 5.78 Å². The van der Waals surface area contributed by atoms with Crippen molar-refractivity contribution in [3.63, 3.8) is 0 Å². The van der Waals surface area contributed by atoms with E-state index in [0.29, 0.717) is 0 Å². The van der Waals surface area contributed by atoms with Crippen molar-refractivity contribution in [1.29, 1.82) is 0 Å². The van der Waals surface area contributed by atoms with Gasteiger partial charge in [-0.25, -0.2) is 9.97 Å². The molecule has 4 heterocycles. The van der Waals surface area contributed by atoms with E-state index in [2.05, 4.69) is 38.9 Å². The molecule has 0 amide bonds. The molecular weight excluding hydrogens is 329 g/mol. The number of halogens is 1. The Bertz CT molecular complexity index is 615. The Morgan fingerprint density at radius 3 is 2.94 bits per heavy atom. The first-order valence-corrected chi connectivity index (χ1v) is 6.83. The Hall–Kier alpha value is -0.690. The highest BCUT2D eigenvalue weighted by Crippen LogP contribution is 2.58. The van der Waals surface area contributed by atoms with Gasteiger partial charge in [-0.3, -0.25) is 4.40 Å². The molecule has 0 spiro atoms. The van der Waals surface area contributed by atoms with Crippen molar-refractivity contribution in [1.82, 2.24) is 14.4 Å². The largest absolute Gasteiger partial charge is 0.374 e. The van der Waals surface area contributed by atoms with Gasteiger partial charge in [-0.2, -0.15) is 0 Å². The van der Waals surface area contributed by atoms with Crippen LogP contribution in [0.25, 0.3) is 5.78 Å². The van der Waals surface area contributed by atoms with Crippen LogP contribution in [0.1, 0.15) is 25.5 Å². The Labute approximate surface area is 113 Å². The molecule has 1 aliphatic carbocycles. The highest BCUT2D eigenvalue weighted by atomic mass is 127. The number of rotatable bonds is 1. The molecule has 0 unspecified atom stereocenters. The minimum Gasteiger partial charge on any atom is -0.374 e. The summed E-state index contributed by atoms with van der Waals surface area (Å²) >= 11 is 2.37. The molecule has 3 aliphatic rings. The maximum absolute atomic E-state index is 5.85. The van der Waals surface area contributed by atoms with Crippen LogP contribution in [0.3, 0.4) is 0 Å². The fourth-order valence-corrected chi connectivity index (χ4v) is 4.40. The number of fused-ring (bicyclic) bond motifs is 2. The molecule has 17 heavy (non-hydrogen) atoms. The van der Waals surface area contributed by atoms with Crippen molar-refractivity contribution in [3.8, 4) is 0 Å². The first-order valence-electron chi connectivity index (χ1n) is 5.75. The summed E-state index contributed by atoms with van der Waals surface area (Å²) in [5, 5.41) is 0. The van der Waals surface area contributed by atoms with Crippen LogP contribution in [0.5, 0.6) is 0 Å². The van der Waals surface area contributed by atoms with Crippen LogP contribution < -0.4 is 0 Å². The fraction of sp³-hybridized carbons (Fsp3) is 0.500. The fourth-order valence-electron chi connectivity index (χ4n) is 3.33. The lowest BCUT2D eigenvalue weighted by molar-refractivity contribution is 0.0153. The second-order valence-electron chi connectivity index (χ2n) is 5.41. The van der Waals surface area contributed by atoms with E-state index in [-0.39, 0.29) is 11.0 Å². The average molecular weight is 341 g/mol. The standard InChI is InChI=1S/C12H12IN3O/c1-11-5-12(6-11,7-17-11)8-9(13)16-4-2-3-14-10(16)15-8/h2-4H,5-7H2,1H3. The predicted octanol–water partition coefficient (Wildman–Crippen LogP) is 2.15. The Morgan fingerprint density at radius 2 is 2.29 bits per heavy atom. The van der Waals surface area contributed by atoms with E-state index in [9.17, 15) is 0 Å². The van der Waals surface area contributed by atoms with Crippen LogP contribution in [0.2, 0.25) is 0 Å². The maximum Gasteiger partial charge on any atom is 0.234 e. The van der Waals surface area contributed by atoms with Crippen molar-refractivity contribution >= 4 is 28.4 Å². The summed E-state index contributed by atoms with van der Waals surface area (Å²) in [6, 6.07) is 1.94. The quantitative estimate of drug-likeness (QED) is 0.747. The minimum atomic E-state index is 0.103.